The minimum absolute atomic E-state index is 0.178. The van der Waals surface area contributed by atoms with E-state index in [0.717, 1.165) is 18.5 Å². The van der Waals surface area contributed by atoms with Crippen LogP contribution in [0, 0.1) is 0 Å². The Hall–Kier alpha value is -1.36. The summed E-state index contributed by atoms with van der Waals surface area (Å²) in [5, 5.41) is 8.40. The molecule has 1 N–H and O–H groups in total. The molecular weight excluding hydrogens is 286 g/mol. The monoisotopic (exact) mass is 307 g/mol. The average Bonchev–Trinajstić information content (AvgIpc) is 2.88. The number of rotatable bonds is 8. The molecule has 0 spiro atoms. The Bertz CT molecular complexity index is 542. The number of aromatic nitrogens is 2. The predicted molar refractivity (Wildman–Crippen MR) is 85.7 cm³/mol. The number of benzene rings is 1. The lowest BCUT2D eigenvalue weighted by Crippen LogP contribution is -2.22. The highest BCUT2D eigenvalue weighted by Crippen LogP contribution is 2.26. The molecule has 0 aliphatic carbocycles. The first-order chi connectivity index (χ1) is 10.3. The second kappa shape index (κ2) is 8.17. The number of nitrogens with one attached hydrogen (secondary N) is 1. The fourth-order valence-electron chi connectivity index (χ4n) is 2.45. The Labute approximate surface area is 131 Å². The van der Waals surface area contributed by atoms with Gasteiger partial charge in [0.05, 0.1) is 36.1 Å². The molecule has 114 valence electrons. The van der Waals surface area contributed by atoms with Gasteiger partial charge < -0.3 is 10.1 Å². The van der Waals surface area contributed by atoms with Gasteiger partial charge in [-0.2, -0.15) is 5.10 Å². The zero-order valence-corrected chi connectivity index (χ0v) is 13.3. The number of methoxy groups -OCH3 is 1. The van der Waals surface area contributed by atoms with Crippen molar-refractivity contribution in [2.45, 2.75) is 25.4 Å². The summed E-state index contributed by atoms with van der Waals surface area (Å²) in [7, 11) is 3.65. The van der Waals surface area contributed by atoms with Crippen molar-refractivity contribution in [1.82, 2.24) is 15.1 Å². The zero-order valence-electron chi connectivity index (χ0n) is 12.6. The molecule has 1 heterocycles. The van der Waals surface area contributed by atoms with Crippen molar-refractivity contribution in [3.05, 3.63) is 52.8 Å². The van der Waals surface area contributed by atoms with E-state index >= 15 is 0 Å². The van der Waals surface area contributed by atoms with Gasteiger partial charge in [0.15, 0.2) is 0 Å². The molecule has 0 bridgehead atoms. The standard InChI is InChI=1S/C16H22ClN3O/c1-18-15(9-8-13-6-4-3-5-7-13)16-14(17)12-19-20(16)10-11-21-2/h3-7,12,15,18H,8-11H2,1-2H3. The third-order valence-electron chi connectivity index (χ3n) is 3.58. The van der Waals surface area contributed by atoms with Crippen molar-refractivity contribution >= 4 is 11.6 Å². The predicted octanol–water partition coefficient (Wildman–Crippen LogP) is 3.08. The summed E-state index contributed by atoms with van der Waals surface area (Å²) in [6.07, 6.45) is 3.68. The van der Waals surface area contributed by atoms with E-state index in [4.69, 9.17) is 16.3 Å². The third-order valence-corrected chi connectivity index (χ3v) is 3.87. The average molecular weight is 308 g/mol. The van der Waals surface area contributed by atoms with E-state index in [1.165, 1.54) is 5.56 Å². The zero-order chi connectivity index (χ0) is 15.1. The van der Waals surface area contributed by atoms with E-state index in [1.54, 1.807) is 13.3 Å². The second-order valence-corrected chi connectivity index (χ2v) is 5.37. The van der Waals surface area contributed by atoms with Crippen molar-refractivity contribution < 1.29 is 4.74 Å². The Morgan fingerprint density at radius 3 is 2.76 bits per heavy atom. The summed E-state index contributed by atoms with van der Waals surface area (Å²) in [5.41, 5.74) is 2.36. The minimum atomic E-state index is 0.178. The molecule has 5 heteroatoms. The fraction of sp³-hybridized carbons (Fsp3) is 0.438. The van der Waals surface area contributed by atoms with E-state index in [0.29, 0.717) is 18.2 Å². The van der Waals surface area contributed by atoms with E-state index in [9.17, 15) is 0 Å². The molecule has 1 atom stereocenters. The van der Waals surface area contributed by atoms with Crippen LogP contribution in [0.2, 0.25) is 5.02 Å². The van der Waals surface area contributed by atoms with Gasteiger partial charge in [-0.3, -0.25) is 4.68 Å². The molecular formula is C16H22ClN3O. The first kappa shape index (κ1) is 16.0. The van der Waals surface area contributed by atoms with Gasteiger partial charge in [0.2, 0.25) is 0 Å². The molecule has 0 fully saturated rings. The van der Waals surface area contributed by atoms with E-state index in [1.807, 2.05) is 17.8 Å². The van der Waals surface area contributed by atoms with Crippen molar-refractivity contribution in [2.75, 3.05) is 20.8 Å². The fourth-order valence-corrected chi connectivity index (χ4v) is 2.72. The van der Waals surface area contributed by atoms with Gasteiger partial charge in [-0.1, -0.05) is 41.9 Å². The third kappa shape index (κ3) is 4.30. The van der Waals surface area contributed by atoms with Crippen LogP contribution >= 0.6 is 11.6 Å². The highest BCUT2D eigenvalue weighted by Gasteiger charge is 2.18. The molecule has 2 rings (SSSR count). The van der Waals surface area contributed by atoms with Crippen molar-refractivity contribution in [2.24, 2.45) is 0 Å². The topological polar surface area (TPSA) is 39.1 Å². The van der Waals surface area contributed by atoms with E-state index in [2.05, 4.69) is 34.7 Å². The summed E-state index contributed by atoms with van der Waals surface area (Å²) in [5.74, 6) is 0. The van der Waals surface area contributed by atoms with Crippen LogP contribution in [0.4, 0.5) is 0 Å². The number of hydrogen-bond acceptors (Lipinski definition) is 3. The number of hydrogen-bond donors (Lipinski definition) is 1. The summed E-state index contributed by atoms with van der Waals surface area (Å²) < 4.78 is 7.06. The number of ether oxygens (including phenoxy) is 1. The molecule has 0 amide bonds. The lowest BCUT2D eigenvalue weighted by atomic mass is 10.0. The maximum Gasteiger partial charge on any atom is 0.0834 e. The van der Waals surface area contributed by atoms with Crippen LogP contribution in [0.15, 0.2) is 36.5 Å². The van der Waals surface area contributed by atoms with Crippen molar-refractivity contribution in [3.8, 4) is 0 Å². The number of nitrogens with zero attached hydrogens (tertiary/aromatic N) is 2. The summed E-state index contributed by atoms with van der Waals surface area (Å²) in [4.78, 5) is 0. The molecule has 0 aliphatic rings. The van der Waals surface area contributed by atoms with Gasteiger partial charge in [0.1, 0.15) is 0 Å². The van der Waals surface area contributed by atoms with Crippen molar-refractivity contribution in [1.29, 1.82) is 0 Å². The highest BCUT2D eigenvalue weighted by atomic mass is 35.5. The Morgan fingerprint density at radius 2 is 2.10 bits per heavy atom. The molecule has 1 aromatic heterocycles. The van der Waals surface area contributed by atoms with E-state index < -0.39 is 0 Å². The Balaban J connectivity index is 2.08. The molecule has 21 heavy (non-hydrogen) atoms. The molecule has 1 unspecified atom stereocenters. The summed E-state index contributed by atoms with van der Waals surface area (Å²) >= 11 is 6.31. The van der Waals surface area contributed by atoms with Crippen LogP contribution < -0.4 is 5.32 Å². The van der Waals surface area contributed by atoms with E-state index in [-0.39, 0.29) is 6.04 Å². The van der Waals surface area contributed by atoms with Gasteiger partial charge in [0, 0.05) is 7.11 Å². The summed E-state index contributed by atoms with van der Waals surface area (Å²) in [6, 6.07) is 10.7. The summed E-state index contributed by atoms with van der Waals surface area (Å²) in [6.45, 7) is 1.34. The SMILES string of the molecule is CNC(CCc1ccccc1)c1c(Cl)cnn1CCOC. The molecule has 0 aliphatic heterocycles. The van der Waals surface area contributed by atoms with Gasteiger partial charge >= 0.3 is 0 Å². The molecule has 0 saturated heterocycles. The van der Waals surface area contributed by atoms with Gasteiger partial charge in [0.25, 0.3) is 0 Å². The van der Waals surface area contributed by atoms with Crippen LogP contribution in [0.5, 0.6) is 0 Å². The Kier molecular flexibility index (Phi) is 6.23. The van der Waals surface area contributed by atoms with Gasteiger partial charge in [-0.15, -0.1) is 0 Å². The lowest BCUT2D eigenvalue weighted by Gasteiger charge is -2.18. The molecule has 2 aromatic rings. The first-order valence-electron chi connectivity index (χ1n) is 7.17. The normalized spacial score (nSPS) is 12.5. The van der Waals surface area contributed by atoms with Gasteiger partial charge in [-0.05, 0) is 25.5 Å². The maximum absolute atomic E-state index is 6.31. The largest absolute Gasteiger partial charge is 0.383 e. The molecule has 4 nitrogen and oxygen atoms in total. The quantitative estimate of drug-likeness (QED) is 0.814. The molecule has 0 radical (unpaired) electrons. The van der Waals surface area contributed by atoms with Crippen LogP contribution in [-0.2, 0) is 17.7 Å². The van der Waals surface area contributed by atoms with Crippen LogP contribution in [-0.4, -0.2) is 30.5 Å². The molecule has 0 saturated carbocycles. The van der Waals surface area contributed by atoms with Crippen molar-refractivity contribution in [3.63, 3.8) is 0 Å². The molecule has 1 aromatic carbocycles. The van der Waals surface area contributed by atoms with Crippen LogP contribution in [0.1, 0.15) is 23.7 Å². The smallest absolute Gasteiger partial charge is 0.0834 e. The van der Waals surface area contributed by atoms with Crippen LogP contribution in [0.3, 0.4) is 0 Å². The second-order valence-electron chi connectivity index (χ2n) is 4.96. The number of aryl methyl sites for hydroxylation is 1. The highest BCUT2D eigenvalue weighted by molar-refractivity contribution is 6.31. The minimum Gasteiger partial charge on any atom is -0.383 e. The first-order valence-corrected chi connectivity index (χ1v) is 7.55. The maximum atomic E-state index is 6.31. The number of halogens is 1. The van der Waals surface area contributed by atoms with Crippen LogP contribution in [0.25, 0.3) is 0 Å². The Morgan fingerprint density at radius 1 is 1.33 bits per heavy atom. The lowest BCUT2D eigenvalue weighted by molar-refractivity contribution is 0.181. The van der Waals surface area contributed by atoms with Gasteiger partial charge in [-0.25, -0.2) is 0 Å².